The second kappa shape index (κ2) is 9.35. The molecule has 0 aromatic heterocycles. The molecule has 5 rings (SSSR count). The summed E-state index contributed by atoms with van der Waals surface area (Å²) in [4.78, 5) is 41.8. The van der Waals surface area contributed by atoms with Crippen molar-refractivity contribution < 1.29 is 23.9 Å². The van der Waals surface area contributed by atoms with Crippen LogP contribution in [0.4, 0.5) is 0 Å². The number of benzene rings is 2. The topological polar surface area (TPSA) is 97.0 Å². The highest BCUT2D eigenvalue weighted by atomic mass is 32.2. The smallest absolute Gasteiger partial charge is 0.256 e. The molecule has 190 valence electrons. The molecule has 2 N–H and O–H groups in total. The van der Waals surface area contributed by atoms with Gasteiger partial charge in [-0.1, -0.05) is 38.1 Å². The Kier molecular flexibility index (Phi) is 6.36. The van der Waals surface area contributed by atoms with Crippen LogP contribution in [0.5, 0.6) is 11.5 Å². The fraction of sp³-hybridized carbons (Fsp3) is 0.444. The molecule has 8 nitrogen and oxygen atoms in total. The first-order chi connectivity index (χ1) is 17.2. The van der Waals surface area contributed by atoms with Gasteiger partial charge in [0.25, 0.3) is 5.91 Å². The van der Waals surface area contributed by atoms with Crippen LogP contribution in [0.2, 0.25) is 0 Å². The van der Waals surface area contributed by atoms with Crippen LogP contribution in [-0.2, 0) is 16.1 Å². The van der Waals surface area contributed by atoms with E-state index in [1.807, 2.05) is 70.2 Å². The number of rotatable bonds is 7. The van der Waals surface area contributed by atoms with E-state index in [2.05, 4.69) is 10.6 Å². The van der Waals surface area contributed by atoms with Crippen molar-refractivity contribution >= 4 is 29.5 Å². The summed E-state index contributed by atoms with van der Waals surface area (Å²) in [7, 11) is 0. The average molecular weight is 510 g/mol. The van der Waals surface area contributed by atoms with Gasteiger partial charge in [0, 0.05) is 16.9 Å². The molecule has 36 heavy (non-hydrogen) atoms. The monoisotopic (exact) mass is 509 g/mol. The molecule has 3 heterocycles. The second-order valence-electron chi connectivity index (χ2n) is 10.4. The molecule has 3 aliphatic rings. The van der Waals surface area contributed by atoms with E-state index in [1.54, 1.807) is 16.7 Å². The fourth-order valence-electron chi connectivity index (χ4n) is 5.12. The van der Waals surface area contributed by atoms with E-state index in [1.165, 1.54) is 0 Å². The maximum atomic E-state index is 13.7. The maximum absolute atomic E-state index is 13.7. The van der Waals surface area contributed by atoms with Crippen molar-refractivity contribution in [2.24, 2.45) is 5.92 Å². The Labute approximate surface area is 215 Å². The fourth-order valence-corrected chi connectivity index (χ4v) is 6.71. The van der Waals surface area contributed by atoms with Crippen LogP contribution in [0.1, 0.15) is 61.0 Å². The van der Waals surface area contributed by atoms with Gasteiger partial charge in [0.1, 0.15) is 17.5 Å². The van der Waals surface area contributed by atoms with Crippen molar-refractivity contribution in [1.29, 1.82) is 0 Å². The number of hydrogen-bond donors (Lipinski definition) is 2. The van der Waals surface area contributed by atoms with Crippen molar-refractivity contribution in [3.63, 3.8) is 0 Å². The van der Waals surface area contributed by atoms with Gasteiger partial charge < -0.3 is 25.0 Å². The number of thioether (sulfide) groups is 1. The summed E-state index contributed by atoms with van der Waals surface area (Å²) in [5.41, 5.74) is 2.46. The summed E-state index contributed by atoms with van der Waals surface area (Å²) in [6.45, 7) is 8.47. The Morgan fingerprint density at radius 2 is 1.89 bits per heavy atom. The predicted molar refractivity (Wildman–Crippen MR) is 137 cm³/mol. The van der Waals surface area contributed by atoms with Gasteiger partial charge in [-0.25, -0.2) is 0 Å². The summed E-state index contributed by atoms with van der Waals surface area (Å²) in [5, 5.41) is 5.72. The molecule has 1 fully saturated rings. The van der Waals surface area contributed by atoms with Gasteiger partial charge in [0.2, 0.25) is 18.6 Å². The molecule has 0 aliphatic carbocycles. The molecule has 1 saturated heterocycles. The van der Waals surface area contributed by atoms with E-state index in [-0.39, 0.29) is 35.8 Å². The van der Waals surface area contributed by atoms with E-state index >= 15 is 0 Å². The quantitative estimate of drug-likeness (QED) is 0.592. The normalized spacial score (nSPS) is 21.8. The van der Waals surface area contributed by atoms with Gasteiger partial charge in [-0.05, 0) is 55.5 Å². The lowest BCUT2D eigenvalue weighted by molar-refractivity contribution is -0.132. The van der Waals surface area contributed by atoms with Crippen LogP contribution in [0.3, 0.4) is 0 Å². The molecule has 0 unspecified atom stereocenters. The lowest BCUT2D eigenvalue weighted by atomic mass is 9.98. The first-order valence-electron chi connectivity index (χ1n) is 12.2. The van der Waals surface area contributed by atoms with Gasteiger partial charge in [0.05, 0.1) is 0 Å². The molecule has 3 amide bonds. The summed E-state index contributed by atoms with van der Waals surface area (Å²) >= 11 is 1.61. The third kappa shape index (κ3) is 4.40. The van der Waals surface area contributed by atoms with Crippen LogP contribution in [0.15, 0.2) is 42.5 Å². The Balaban J connectivity index is 1.30. The number of ether oxygens (including phenoxy) is 2. The molecule has 0 radical (unpaired) electrons. The third-order valence-electron chi connectivity index (χ3n) is 6.79. The lowest BCUT2D eigenvalue weighted by Crippen LogP contribution is -2.57. The minimum atomic E-state index is -0.716. The third-order valence-corrected chi connectivity index (χ3v) is 8.32. The van der Waals surface area contributed by atoms with Gasteiger partial charge >= 0.3 is 0 Å². The summed E-state index contributed by atoms with van der Waals surface area (Å²) in [6.07, 6.45) is 0.483. The molecule has 9 heteroatoms. The molecule has 0 bridgehead atoms. The van der Waals surface area contributed by atoms with Gasteiger partial charge in [-0.3, -0.25) is 14.4 Å². The van der Waals surface area contributed by atoms with E-state index in [9.17, 15) is 14.4 Å². The minimum Gasteiger partial charge on any atom is -0.454 e. The van der Waals surface area contributed by atoms with Crippen molar-refractivity contribution in [3.8, 4) is 11.5 Å². The molecule has 3 atom stereocenters. The predicted octanol–water partition coefficient (Wildman–Crippen LogP) is 3.61. The number of carbonyl (C=O) groups excluding carboxylic acids is 3. The SMILES string of the molecule is CC(C)C[C@H](NC(=O)[C@@H]1N2C(=O)c3ccccc3[C@@H]2SC1(C)C)C(=O)NCc1ccc2c(c1)OCO2. The number of nitrogens with zero attached hydrogens (tertiary/aromatic N) is 1. The van der Waals surface area contributed by atoms with Crippen molar-refractivity contribution in [2.75, 3.05) is 6.79 Å². The van der Waals surface area contributed by atoms with E-state index in [4.69, 9.17) is 9.47 Å². The highest BCUT2D eigenvalue weighted by Gasteiger charge is 2.57. The zero-order chi connectivity index (χ0) is 25.6. The van der Waals surface area contributed by atoms with Crippen LogP contribution in [0, 0.1) is 5.92 Å². The first kappa shape index (κ1) is 24.5. The van der Waals surface area contributed by atoms with Crippen LogP contribution >= 0.6 is 11.8 Å². The van der Waals surface area contributed by atoms with Gasteiger partial charge in [-0.15, -0.1) is 11.8 Å². The van der Waals surface area contributed by atoms with Gasteiger partial charge in [0.15, 0.2) is 11.5 Å². The second-order valence-corrected chi connectivity index (χ2v) is 12.1. The largest absolute Gasteiger partial charge is 0.454 e. The Morgan fingerprint density at radius 3 is 2.67 bits per heavy atom. The molecule has 3 aliphatic heterocycles. The molecular formula is C27H31N3O5S. The maximum Gasteiger partial charge on any atom is 0.256 e. The van der Waals surface area contributed by atoms with Crippen molar-refractivity contribution in [3.05, 3.63) is 59.2 Å². The molecule has 2 aromatic rings. The van der Waals surface area contributed by atoms with Crippen molar-refractivity contribution in [2.45, 2.75) is 62.9 Å². The lowest BCUT2D eigenvalue weighted by Gasteiger charge is -2.31. The molecular weight excluding hydrogens is 478 g/mol. The first-order valence-corrected chi connectivity index (χ1v) is 13.1. The number of carbonyl (C=O) groups is 3. The van der Waals surface area contributed by atoms with E-state index < -0.39 is 16.8 Å². The molecule has 0 saturated carbocycles. The van der Waals surface area contributed by atoms with Crippen LogP contribution in [-0.4, -0.2) is 46.2 Å². The molecule has 2 aromatic carbocycles. The summed E-state index contributed by atoms with van der Waals surface area (Å²) in [5.74, 6) is 0.819. The number of amides is 3. The number of nitrogens with one attached hydrogen (secondary N) is 2. The Bertz CT molecular complexity index is 1210. The number of hydrogen-bond acceptors (Lipinski definition) is 6. The summed E-state index contributed by atoms with van der Waals surface area (Å²) in [6, 6.07) is 11.6. The van der Waals surface area contributed by atoms with E-state index in [0.29, 0.717) is 30.0 Å². The molecule has 0 spiro atoms. The zero-order valence-corrected chi connectivity index (χ0v) is 21.7. The van der Waals surface area contributed by atoms with Gasteiger partial charge in [-0.2, -0.15) is 0 Å². The zero-order valence-electron chi connectivity index (χ0n) is 20.9. The minimum absolute atomic E-state index is 0.138. The van der Waals surface area contributed by atoms with Crippen molar-refractivity contribution in [1.82, 2.24) is 15.5 Å². The van der Waals surface area contributed by atoms with Crippen LogP contribution < -0.4 is 20.1 Å². The number of fused-ring (bicyclic) bond motifs is 4. The Morgan fingerprint density at radius 1 is 1.14 bits per heavy atom. The highest BCUT2D eigenvalue weighted by molar-refractivity contribution is 8.01. The highest BCUT2D eigenvalue weighted by Crippen LogP contribution is 2.56. The Hall–Kier alpha value is -3.20. The summed E-state index contributed by atoms with van der Waals surface area (Å²) < 4.78 is 10.2. The average Bonchev–Trinajstić information content (AvgIpc) is 3.48. The van der Waals surface area contributed by atoms with E-state index in [0.717, 1.165) is 11.1 Å². The van der Waals surface area contributed by atoms with Crippen LogP contribution in [0.25, 0.3) is 0 Å². The standard InChI is InChI=1S/C27H31N3O5S/c1-15(2)11-19(23(31)28-13-16-9-10-20-21(12-16)35-14-34-20)29-24(32)22-27(3,4)36-26-18-8-6-5-7-17(18)25(33)30(22)26/h5-10,12,15,19,22,26H,11,13-14H2,1-4H3,(H,28,31)(H,29,32)/t19-,22-,26-/m0/s1.